The van der Waals surface area contributed by atoms with Gasteiger partial charge in [-0.15, -0.1) is 0 Å². The summed E-state index contributed by atoms with van der Waals surface area (Å²) in [5.41, 5.74) is 5.22. The molecule has 1 aromatic carbocycles. The molecule has 1 aliphatic rings. The van der Waals surface area contributed by atoms with E-state index in [2.05, 4.69) is 41.9 Å². The van der Waals surface area contributed by atoms with Crippen LogP contribution in [0.5, 0.6) is 0 Å². The Morgan fingerprint density at radius 2 is 1.93 bits per heavy atom. The number of fused-ring (bicyclic) bond motifs is 2. The van der Waals surface area contributed by atoms with Gasteiger partial charge in [-0.2, -0.15) is 0 Å². The molecule has 1 aliphatic heterocycles. The minimum atomic E-state index is -0.140. The smallest absolute Gasteiger partial charge is 0.252 e. The van der Waals surface area contributed by atoms with Crippen LogP contribution in [0.4, 0.5) is 0 Å². The third-order valence-corrected chi connectivity index (χ3v) is 5.77. The highest BCUT2D eigenvalue weighted by molar-refractivity contribution is 5.96. The molecule has 0 aliphatic carbocycles. The maximum Gasteiger partial charge on any atom is 0.252 e. The van der Waals surface area contributed by atoms with Gasteiger partial charge in [0.15, 0.2) is 0 Å². The molecule has 28 heavy (non-hydrogen) atoms. The summed E-state index contributed by atoms with van der Waals surface area (Å²) in [5.74, 6) is 0.445. The molecule has 0 radical (unpaired) electrons. The largest absolute Gasteiger partial charge is 0.344 e. The number of benzene rings is 1. The van der Waals surface area contributed by atoms with E-state index in [1.165, 1.54) is 11.1 Å². The van der Waals surface area contributed by atoms with Crippen LogP contribution in [0.3, 0.4) is 0 Å². The maximum absolute atomic E-state index is 12.9. The maximum atomic E-state index is 12.9. The molecule has 1 unspecified atom stereocenters. The number of pyridine rings is 1. The Morgan fingerprint density at radius 3 is 2.75 bits per heavy atom. The number of hydrogen-bond donors (Lipinski definition) is 1. The number of carbonyl (C=O) groups is 1. The molecule has 2 bridgehead atoms. The second kappa shape index (κ2) is 7.78. The number of amides is 1. The summed E-state index contributed by atoms with van der Waals surface area (Å²) in [5, 5.41) is 4.33. The Balaban J connectivity index is 1.76. The fraction of sp³-hybridized carbons (Fsp3) is 0.417. The molecular weight excluding hydrogens is 346 g/mol. The van der Waals surface area contributed by atoms with E-state index in [0.717, 1.165) is 54.7 Å². The van der Waals surface area contributed by atoms with E-state index in [4.69, 9.17) is 4.98 Å². The first kappa shape index (κ1) is 18.7. The fourth-order valence-electron chi connectivity index (χ4n) is 4.19. The SMILES string of the molecule is CC(C)c1cc2ccc3nc2n1CCCCCc1ccccc1C(=O)NC3C. The van der Waals surface area contributed by atoms with E-state index in [1.807, 2.05) is 31.2 Å². The van der Waals surface area contributed by atoms with Gasteiger partial charge in [-0.1, -0.05) is 38.5 Å². The predicted molar refractivity (Wildman–Crippen MR) is 114 cm³/mol. The fourth-order valence-corrected chi connectivity index (χ4v) is 4.19. The highest BCUT2D eigenvalue weighted by Gasteiger charge is 2.18. The molecule has 4 rings (SSSR count). The van der Waals surface area contributed by atoms with E-state index in [0.29, 0.717) is 5.92 Å². The summed E-state index contributed by atoms with van der Waals surface area (Å²) in [6, 6.07) is 14.3. The molecule has 1 amide bonds. The van der Waals surface area contributed by atoms with Crippen molar-refractivity contribution in [2.24, 2.45) is 0 Å². The van der Waals surface area contributed by atoms with Crippen molar-refractivity contribution >= 4 is 16.9 Å². The van der Waals surface area contributed by atoms with E-state index in [-0.39, 0.29) is 11.9 Å². The molecular formula is C24H29N3O. The standard InChI is InChI=1S/C24H29N3O/c1-16(2)22-15-19-12-13-21-17(3)25-24(28)20-11-7-6-10-18(20)9-5-4-8-14-27(22)23(19)26-21/h6-7,10-13,15-17H,4-5,8-9,14H2,1-3H3,(H,25,28). The Hall–Kier alpha value is -2.62. The average molecular weight is 376 g/mol. The van der Waals surface area contributed by atoms with Gasteiger partial charge < -0.3 is 9.88 Å². The summed E-state index contributed by atoms with van der Waals surface area (Å²) in [7, 11) is 0. The van der Waals surface area contributed by atoms with Crippen molar-refractivity contribution in [2.45, 2.75) is 65.0 Å². The van der Waals surface area contributed by atoms with Gasteiger partial charge in [0.1, 0.15) is 5.65 Å². The highest BCUT2D eigenvalue weighted by Crippen LogP contribution is 2.27. The first-order valence-corrected chi connectivity index (χ1v) is 10.4. The number of aryl methyl sites for hydroxylation is 2. The van der Waals surface area contributed by atoms with Crippen LogP contribution >= 0.6 is 0 Å². The molecule has 4 heteroatoms. The first-order valence-electron chi connectivity index (χ1n) is 10.4. The molecule has 0 saturated heterocycles. The van der Waals surface area contributed by atoms with Gasteiger partial charge in [-0.25, -0.2) is 4.98 Å². The van der Waals surface area contributed by atoms with Crippen LogP contribution in [-0.4, -0.2) is 15.5 Å². The van der Waals surface area contributed by atoms with Gasteiger partial charge in [0, 0.05) is 23.2 Å². The average Bonchev–Trinajstić information content (AvgIpc) is 3.05. The molecule has 0 saturated carbocycles. The number of hydrogen-bond acceptors (Lipinski definition) is 2. The Labute approximate surface area is 167 Å². The third-order valence-electron chi connectivity index (χ3n) is 5.77. The van der Waals surface area contributed by atoms with Gasteiger partial charge >= 0.3 is 0 Å². The van der Waals surface area contributed by atoms with Crippen LogP contribution < -0.4 is 5.32 Å². The number of nitrogens with one attached hydrogen (secondary N) is 1. The Bertz CT molecular complexity index is 1000. The van der Waals surface area contributed by atoms with Crippen LogP contribution in [-0.2, 0) is 13.0 Å². The zero-order valence-electron chi connectivity index (χ0n) is 17.0. The minimum absolute atomic E-state index is 0.0136. The van der Waals surface area contributed by atoms with Crippen LogP contribution in [0, 0.1) is 0 Å². The lowest BCUT2D eigenvalue weighted by Gasteiger charge is -2.18. The van der Waals surface area contributed by atoms with Crippen LogP contribution in [0.15, 0.2) is 42.5 Å². The summed E-state index contributed by atoms with van der Waals surface area (Å²) in [6.07, 6.45) is 4.30. The Morgan fingerprint density at radius 1 is 1.11 bits per heavy atom. The minimum Gasteiger partial charge on any atom is -0.344 e. The molecule has 1 N–H and O–H groups in total. The second-order valence-corrected chi connectivity index (χ2v) is 8.19. The second-order valence-electron chi connectivity index (χ2n) is 8.19. The molecule has 146 valence electrons. The summed E-state index contributed by atoms with van der Waals surface area (Å²) in [6.45, 7) is 7.49. The van der Waals surface area contributed by atoms with Crippen LogP contribution in [0.1, 0.15) is 79.3 Å². The monoisotopic (exact) mass is 375 g/mol. The number of aromatic nitrogens is 2. The van der Waals surface area contributed by atoms with E-state index >= 15 is 0 Å². The molecule has 3 heterocycles. The van der Waals surface area contributed by atoms with Gasteiger partial charge in [0.05, 0.1) is 11.7 Å². The highest BCUT2D eigenvalue weighted by atomic mass is 16.1. The van der Waals surface area contributed by atoms with Gasteiger partial charge in [0.2, 0.25) is 0 Å². The lowest BCUT2D eigenvalue weighted by atomic mass is 10.00. The zero-order chi connectivity index (χ0) is 19.7. The van der Waals surface area contributed by atoms with Crippen molar-refractivity contribution in [1.29, 1.82) is 0 Å². The lowest BCUT2D eigenvalue weighted by molar-refractivity contribution is 0.0938. The quantitative estimate of drug-likeness (QED) is 0.621. The van der Waals surface area contributed by atoms with Crippen molar-refractivity contribution in [3.63, 3.8) is 0 Å². The summed E-state index contributed by atoms with van der Waals surface area (Å²) in [4.78, 5) is 17.9. The molecule has 1 atom stereocenters. The summed E-state index contributed by atoms with van der Waals surface area (Å²) < 4.78 is 2.39. The molecule has 4 nitrogen and oxygen atoms in total. The van der Waals surface area contributed by atoms with Crippen LogP contribution in [0.2, 0.25) is 0 Å². The molecule has 3 aromatic rings. The van der Waals surface area contributed by atoms with Gasteiger partial charge in [-0.05, 0) is 61.9 Å². The van der Waals surface area contributed by atoms with Gasteiger partial charge in [0.25, 0.3) is 5.91 Å². The van der Waals surface area contributed by atoms with Crippen molar-refractivity contribution < 1.29 is 4.79 Å². The zero-order valence-corrected chi connectivity index (χ0v) is 17.0. The van der Waals surface area contributed by atoms with Crippen molar-refractivity contribution in [1.82, 2.24) is 14.9 Å². The first-order chi connectivity index (χ1) is 13.5. The van der Waals surface area contributed by atoms with Gasteiger partial charge in [-0.3, -0.25) is 4.79 Å². The van der Waals surface area contributed by atoms with Crippen molar-refractivity contribution in [2.75, 3.05) is 0 Å². The normalized spacial score (nSPS) is 18.1. The van der Waals surface area contributed by atoms with E-state index in [1.54, 1.807) is 0 Å². The number of carbonyl (C=O) groups excluding carboxylic acids is 1. The lowest BCUT2D eigenvalue weighted by Crippen LogP contribution is -2.28. The van der Waals surface area contributed by atoms with E-state index in [9.17, 15) is 4.79 Å². The van der Waals surface area contributed by atoms with Crippen LogP contribution in [0.25, 0.3) is 11.0 Å². The number of nitrogens with zero attached hydrogens (tertiary/aromatic N) is 2. The number of rotatable bonds is 1. The molecule has 0 fully saturated rings. The summed E-state index contributed by atoms with van der Waals surface area (Å²) >= 11 is 0. The van der Waals surface area contributed by atoms with Crippen molar-refractivity contribution in [3.8, 4) is 0 Å². The Kier molecular flexibility index (Phi) is 5.21. The predicted octanol–water partition coefficient (Wildman–Crippen LogP) is 5.38. The molecule has 0 spiro atoms. The molecule has 2 aromatic heterocycles. The topological polar surface area (TPSA) is 46.9 Å². The van der Waals surface area contributed by atoms with E-state index < -0.39 is 0 Å². The third kappa shape index (κ3) is 3.56. The van der Waals surface area contributed by atoms with Crippen molar-refractivity contribution in [3.05, 3.63) is 65.0 Å².